The molecule has 1 aromatic carbocycles. The summed E-state index contributed by atoms with van der Waals surface area (Å²) in [6.07, 6.45) is 2.08. The second-order valence-electron chi connectivity index (χ2n) is 5.53. The number of carbonyl (C=O) groups is 2. The van der Waals surface area contributed by atoms with E-state index in [2.05, 4.69) is 0 Å². The highest BCUT2D eigenvalue weighted by Gasteiger charge is 2.29. The van der Waals surface area contributed by atoms with Crippen molar-refractivity contribution in [3.05, 3.63) is 35.4 Å². The van der Waals surface area contributed by atoms with Crippen LogP contribution in [0.4, 0.5) is 0 Å². The Morgan fingerprint density at radius 3 is 2.81 bits per heavy atom. The minimum atomic E-state index is -0.175. The molecule has 0 aromatic heterocycles. The van der Waals surface area contributed by atoms with E-state index in [1.165, 1.54) is 0 Å². The third-order valence-electron chi connectivity index (χ3n) is 4.00. The number of hydrogen-bond donors (Lipinski definition) is 0. The van der Waals surface area contributed by atoms with Crippen LogP contribution < -0.4 is 0 Å². The number of piperidine rings is 1. The summed E-state index contributed by atoms with van der Waals surface area (Å²) in [5.41, 5.74) is 2.19. The number of esters is 1. The van der Waals surface area contributed by atoms with E-state index in [1.54, 1.807) is 4.90 Å². The molecule has 0 N–H and O–H groups in total. The standard InChI is InChI=1S/C17H23NO3/c1-3-21-17(20)15-9-6-10-18(12-15)16(19)11-14-8-5-4-7-13(14)2/h4-5,7-8,15H,3,6,9-12H2,1-2H3/t15-/m0/s1. The molecule has 1 atom stereocenters. The fourth-order valence-electron chi connectivity index (χ4n) is 2.74. The van der Waals surface area contributed by atoms with Crippen LogP contribution in [0.1, 0.15) is 30.9 Å². The summed E-state index contributed by atoms with van der Waals surface area (Å²) >= 11 is 0. The van der Waals surface area contributed by atoms with Gasteiger partial charge in [-0.3, -0.25) is 9.59 Å². The van der Waals surface area contributed by atoms with Crippen molar-refractivity contribution >= 4 is 11.9 Å². The van der Waals surface area contributed by atoms with Crippen molar-refractivity contribution in [1.82, 2.24) is 4.90 Å². The van der Waals surface area contributed by atoms with Crippen LogP contribution in [0, 0.1) is 12.8 Å². The van der Waals surface area contributed by atoms with Crippen LogP contribution in [0.25, 0.3) is 0 Å². The first-order chi connectivity index (χ1) is 10.1. The average molecular weight is 289 g/mol. The zero-order chi connectivity index (χ0) is 15.2. The Bertz CT molecular complexity index is 513. The number of hydrogen-bond acceptors (Lipinski definition) is 3. The molecule has 0 saturated carbocycles. The van der Waals surface area contributed by atoms with Gasteiger partial charge in [0.25, 0.3) is 0 Å². The minimum Gasteiger partial charge on any atom is -0.466 e. The van der Waals surface area contributed by atoms with E-state index in [0.29, 0.717) is 19.6 Å². The molecule has 0 radical (unpaired) electrons. The van der Waals surface area contributed by atoms with Crippen molar-refractivity contribution in [2.45, 2.75) is 33.1 Å². The Hall–Kier alpha value is -1.84. The zero-order valence-corrected chi connectivity index (χ0v) is 12.8. The molecule has 1 amide bonds. The van der Waals surface area contributed by atoms with Crippen LogP contribution in [-0.2, 0) is 20.7 Å². The number of likely N-dealkylation sites (tertiary alicyclic amines) is 1. The molecule has 1 aromatic rings. The molecular weight excluding hydrogens is 266 g/mol. The molecule has 2 rings (SSSR count). The van der Waals surface area contributed by atoms with Crippen LogP contribution in [0.2, 0.25) is 0 Å². The summed E-state index contributed by atoms with van der Waals surface area (Å²) in [5, 5.41) is 0. The normalized spacial score (nSPS) is 18.4. The Balaban J connectivity index is 1.96. The summed E-state index contributed by atoms with van der Waals surface area (Å²) in [4.78, 5) is 26.0. The monoisotopic (exact) mass is 289 g/mol. The van der Waals surface area contributed by atoms with E-state index in [1.807, 2.05) is 38.1 Å². The lowest BCUT2D eigenvalue weighted by Crippen LogP contribution is -2.43. The first-order valence-electron chi connectivity index (χ1n) is 7.60. The summed E-state index contributed by atoms with van der Waals surface area (Å²) in [6.45, 7) is 5.44. The molecule has 0 unspecified atom stereocenters. The smallest absolute Gasteiger partial charge is 0.310 e. The highest BCUT2D eigenvalue weighted by Crippen LogP contribution is 2.19. The maximum atomic E-state index is 12.4. The van der Waals surface area contributed by atoms with Gasteiger partial charge in [0.15, 0.2) is 0 Å². The van der Waals surface area contributed by atoms with Gasteiger partial charge in [-0.2, -0.15) is 0 Å². The third-order valence-corrected chi connectivity index (χ3v) is 4.00. The molecule has 1 saturated heterocycles. The molecule has 1 fully saturated rings. The van der Waals surface area contributed by atoms with Crippen LogP contribution in [0.5, 0.6) is 0 Å². The second-order valence-corrected chi connectivity index (χ2v) is 5.53. The largest absolute Gasteiger partial charge is 0.466 e. The predicted octanol–water partition coefficient (Wildman–Crippen LogP) is 2.34. The van der Waals surface area contributed by atoms with Crippen molar-refractivity contribution in [1.29, 1.82) is 0 Å². The van der Waals surface area contributed by atoms with Gasteiger partial charge in [0, 0.05) is 13.1 Å². The molecule has 21 heavy (non-hydrogen) atoms. The van der Waals surface area contributed by atoms with Gasteiger partial charge in [-0.05, 0) is 37.8 Å². The predicted molar refractivity (Wildman–Crippen MR) is 80.8 cm³/mol. The first-order valence-corrected chi connectivity index (χ1v) is 7.60. The number of nitrogens with zero attached hydrogens (tertiary/aromatic N) is 1. The number of benzene rings is 1. The molecule has 4 heteroatoms. The van der Waals surface area contributed by atoms with E-state index in [9.17, 15) is 9.59 Å². The lowest BCUT2D eigenvalue weighted by atomic mass is 9.97. The molecule has 4 nitrogen and oxygen atoms in total. The number of rotatable bonds is 4. The van der Waals surface area contributed by atoms with Crippen LogP contribution in [-0.4, -0.2) is 36.5 Å². The van der Waals surface area contributed by atoms with Gasteiger partial charge in [-0.25, -0.2) is 0 Å². The van der Waals surface area contributed by atoms with Crippen molar-refractivity contribution in [3.63, 3.8) is 0 Å². The van der Waals surface area contributed by atoms with Gasteiger partial charge >= 0.3 is 5.97 Å². The quantitative estimate of drug-likeness (QED) is 0.799. The average Bonchev–Trinajstić information content (AvgIpc) is 2.50. The Kier molecular flexibility index (Phi) is 5.37. The minimum absolute atomic E-state index is 0.0956. The summed E-state index contributed by atoms with van der Waals surface area (Å²) in [6, 6.07) is 7.93. The van der Waals surface area contributed by atoms with Gasteiger partial charge in [0.2, 0.25) is 5.91 Å². The van der Waals surface area contributed by atoms with E-state index < -0.39 is 0 Å². The van der Waals surface area contributed by atoms with Gasteiger partial charge in [0.05, 0.1) is 18.9 Å². The van der Waals surface area contributed by atoms with Crippen molar-refractivity contribution in [2.75, 3.05) is 19.7 Å². The highest BCUT2D eigenvalue weighted by atomic mass is 16.5. The first kappa shape index (κ1) is 15.5. The summed E-state index contributed by atoms with van der Waals surface area (Å²) < 4.78 is 5.07. The van der Waals surface area contributed by atoms with Crippen molar-refractivity contribution < 1.29 is 14.3 Å². The molecule has 0 aliphatic carbocycles. The molecule has 1 aliphatic heterocycles. The van der Waals surface area contributed by atoms with Crippen LogP contribution >= 0.6 is 0 Å². The van der Waals surface area contributed by atoms with Gasteiger partial charge in [-0.1, -0.05) is 24.3 Å². The Morgan fingerprint density at radius 1 is 1.33 bits per heavy atom. The van der Waals surface area contributed by atoms with Crippen LogP contribution in [0.3, 0.4) is 0 Å². The molecular formula is C17H23NO3. The summed E-state index contributed by atoms with van der Waals surface area (Å²) in [7, 11) is 0. The van der Waals surface area contributed by atoms with Crippen molar-refractivity contribution in [3.8, 4) is 0 Å². The molecule has 114 valence electrons. The summed E-state index contributed by atoms with van der Waals surface area (Å²) in [5.74, 6) is -0.247. The van der Waals surface area contributed by atoms with Gasteiger partial charge in [0.1, 0.15) is 0 Å². The number of amides is 1. The number of carbonyl (C=O) groups excluding carboxylic acids is 2. The second kappa shape index (κ2) is 7.25. The van der Waals surface area contributed by atoms with E-state index in [-0.39, 0.29) is 17.8 Å². The molecule has 1 heterocycles. The van der Waals surface area contributed by atoms with E-state index >= 15 is 0 Å². The van der Waals surface area contributed by atoms with Gasteiger partial charge < -0.3 is 9.64 Å². The maximum Gasteiger partial charge on any atom is 0.310 e. The topological polar surface area (TPSA) is 46.6 Å². The fraction of sp³-hybridized carbons (Fsp3) is 0.529. The Labute approximate surface area is 126 Å². The number of aryl methyl sites for hydroxylation is 1. The zero-order valence-electron chi connectivity index (χ0n) is 12.8. The lowest BCUT2D eigenvalue weighted by Gasteiger charge is -2.31. The lowest BCUT2D eigenvalue weighted by molar-refractivity contribution is -0.151. The van der Waals surface area contributed by atoms with E-state index in [0.717, 1.165) is 30.5 Å². The maximum absolute atomic E-state index is 12.4. The Morgan fingerprint density at radius 2 is 2.10 bits per heavy atom. The van der Waals surface area contributed by atoms with Crippen molar-refractivity contribution in [2.24, 2.45) is 5.92 Å². The molecule has 0 spiro atoms. The van der Waals surface area contributed by atoms with E-state index in [4.69, 9.17) is 4.74 Å². The number of ether oxygens (including phenoxy) is 1. The third kappa shape index (κ3) is 4.06. The molecule has 0 bridgehead atoms. The van der Waals surface area contributed by atoms with Crippen LogP contribution in [0.15, 0.2) is 24.3 Å². The SMILES string of the molecule is CCOC(=O)[C@H]1CCCN(C(=O)Cc2ccccc2C)C1. The highest BCUT2D eigenvalue weighted by molar-refractivity contribution is 5.80. The van der Waals surface area contributed by atoms with Gasteiger partial charge in [-0.15, -0.1) is 0 Å². The molecule has 1 aliphatic rings. The fourth-order valence-corrected chi connectivity index (χ4v) is 2.74.